The number of hydrogen-bond donors (Lipinski definition) is 0. The Balaban J connectivity index is 2.22. The maximum atomic E-state index is 12.8. The monoisotopic (exact) mass is 285 g/mol. The quantitative estimate of drug-likeness (QED) is 0.597. The van der Waals surface area contributed by atoms with E-state index in [1.54, 1.807) is 0 Å². The van der Waals surface area contributed by atoms with Gasteiger partial charge in [-0.25, -0.2) is 4.73 Å². The normalized spacial score (nSPS) is 18.5. The van der Waals surface area contributed by atoms with E-state index < -0.39 is 11.2 Å². The van der Waals surface area contributed by atoms with Crippen LogP contribution in [0.15, 0.2) is 24.3 Å². The number of benzene rings is 1. The highest BCUT2D eigenvalue weighted by atomic mass is 16.5. The zero-order valence-electron chi connectivity index (χ0n) is 13.0. The smallest absolute Gasteiger partial charge is 0.361 e. The Kier molecular flexibility index (Phi) is 2.82. The maximum Gasteiger partial charge on any atom is 0.361 e. The summed E-state index contributed by atoms with van der Waals surface area (Å²) in [4.78, 5) is 0. The molecule has 0 fully saturated rings. The van der Waals surface area contributed by atoms with E-state index >= 15 is 0 Å². The first-order chi connectivity index (χ1) is 9.72. The molecule has 1 aliphatic rings. The largest absolute Gasteiger partial charge is 0.710 e. The van der Waals surface area contributed by atoms with Crippen LogP contribution in [0.2, 0.25) is 0 Å². The summed E-state index contributed by atoms with van der Waals surface area (Å²) in [5.74, 6) is 0.308. The molecule has 0 unspecified atom stereocenters. The van der Waals surface area contributed by atoms with Gasteiger partial charge >= 0.3 is 5.82 Å². The number of ether oxygens (including phenoxy) is 1. The van der Waals surface area contributed by atoms with Crippen molar-refractivity contribution in [3.63, 3.8) is 0 Å². The predicted octanol–water partition coefficient (Wildman–Crippen LogP) is 2.59. The summed E-state index contributed by atoms with van der Waals surface area (Å²) < 4.78 is 6.84. The molecule has 2 heterocycles. The first-order valence-electron chi connectivity index (χ1n) is 7.01. The number of rotatable bonds is 1. The van der Waals surface area contributed by atoms with Gasteiger partial charge in [0, 0.05) is 0 Å². The lowest BCUT2D eigenvalue weighted by Crippen LogP contribution is -2.42. The van der Waals surface area contributed by atoms with Crippen LogP contribution in [-0.2, 0) is 15.9 Å². The summed E-state index contributed by atoms with van der Waals surface area (Å²) in [6.45, 7) is 9.58. The molecule has 0 saturated heterocycles. The molecule has 0 amide bonds. The van der Waals surface area contributed by atoms with Gasteiger partial charge in [-0.3, -0.25) is 0 Å². The molecule has 2 aromatic rings. The van der Waals surface area contributed by atoms with Crippen molar-refractivity contribution in [2.45, 2.75) is 45.8 Å². The molecule has 5 nitrogen and oxygen atoms in total. The fraction of sp³-hybridized carbons (Fsp3) is 0.438. The van der Waals surface area contributed by atoms with E-state index in [9.17, 15) is 5.21 Å². The van der Waals surface area contributed by atoms with Gasteiger partial charge in [0.25, 0.3) is 0 Å². The lowest BCUT2D eigenvalue weighted by atomic mass is 10.0. The van der Waals surface area contributed by atoms with Gasteiger partial charge in [0.05, 0.1) is 10.7 Å². The highest BCUT2D eigenvalue weighted by molar-refractivity contribution is 5.52. The van der Waals surface area contributed by atoms with Gasteiger partial charge in [-0.2, -0.15) is 0 Å². The SMILES string of the molecule is Cc1ccc(-c2nnc3c([n+]2[O-])C(C)(C)OC3(C)C)cc1. The molecule has 0 N–H and O–H groups in total. The van der Waals surface area contributed by atoms with Crippen molar-refractivity contribution in [1.29, 1.82) is 0 Å². The average Bonchev–Trinajstić information content (AvgIpc) is 2.57. The minimum absolute atomic E-state index is 0.308. The van der Waals surface area contributed by atoms with Crippen molar-refractivity contribution in [3.8, 4) is 11.4 Å². The van der Waals surface area contributed by atoms with Crippen LogP contribution in [0.4, 0.5) is 0 Å². The number of aryl methyl sites for hydroxylation is 1. The Labute approximate surface area is 124 Å². The first kappa shape index (κ1) is 13.9. The van der Waals surface area contributed by atoms with E-state index in [2.05, 4.69) is 10.2 Å². The molecule has 3 rings (SSSR count). The number of hydrogen-bond acceptors (Lipinski definition) is 4. The summed E-state index contributed by atoms with van der Waals surface area (Å²) >= 11 is 0. The molecule has 0 aliphatic carbocycles. The molecule has 1 aromatic carbocycles. The van der Waals surface area contributed by atoms with Crippen molar-refractivity contribution in [2.24, 2.45) is 0 Å². The second-order valence-electron chi connectivity index (χ2n) is 6.50. The molecule has 21 heavy (non-hydrogen) atoms. The van der Waals surface area contributed by atoms with Gasteiger partial charge in [0.15, 0.2) is 11.4 Å². The summed E-state index contributed by atoms with van der Waals surface area (Å²) in [5.41, 5.74) is 1.75. The van der Waals surface area contributed by atoms with Crippen molar-refractivity contribution < 1.29 is 9.47 Å². The molecule has 0 atom stereocenters. The third-order valence-corrected chi connectivity index (χ3v) is 3.83. The molecule has 0 saturated carbocycles. The predicted molar refractivity (Wildman–Crippen MR) is 78.3 cm³/mol. The Morgan fingerprint density at radius 1 is 1.00 bits per heavy atom. The molecule has 0 radical (unpaired) electrons. The second-order valence-corrected chi connectivity index (χ2v) is 6.50. The lowest BCUT2D eigenvalue weighted by Gasteiger charge is -2.23. The topological polar surface area (TPSA) is 62.0 Å². The summed E-state index contributed by atoms with van der Waals surface area (Å²) in [7, 11) is 0. The molecule has 0 spiro atoms. The van der Waals surface area contributed by atoms with Gasteiger partial charge in [-0.1, -0.05) is 17.7 Å². The van der Waals surface area contributed by atoms with Gasteiger partial charge < -0.3 is 9.94 Å². The van der Waals surface area contributed by atoms with Crippen molar-refractivity contribution in [1.82, 2.24) is 10.2 Å². The summed E-state index contributed by atoms with van der Waals surface area (Å²) in [5, 5.41) is 21.2. The fourth-order valence-corrected chi connectivity index (χ4v) is 2.93. The van der Waals surface area contributed by atoms with Crippen molar-refractivity contribution >= 4 is 0 Å². The molecule has 1 aromatic heterocycles. The Hall–Kier alpha value is -2.01. The van der Waals surface area contributed by atoms with E-state index in [4.69, 9.17) is 4.74 Å². The average molecular weight is 285 g/mol. The van der Waals surface area contributed by atoms with E-state index in [1.165, 1.54) is 0 Å². The molecule has 5 heteroatoms. The van der Waals surface area contributed by atoms with Gasteiger partial charge in [0.1, 0.15) is 11.2 Å². The minimum atomic E-state index is -0.685. The van der Waals surface area contributed by atoms with Crippen molar-refractivity contribution in [3.05, 3.63) is 46.4 Å². The zero-order valence-corrected chi connectivity index (χ0v) is 13.0. The van der Waals surface area contributed by atoms with Crippen LogP contribution >= 0.6 is 0 Å². The lowest BCUT2D eigenvalue weighted by molar-refractivity contribution is -0.612. The molecular formula is C16H19N3O2. The molecule has 1 aliphatic heterocycles. The van der Waals surface area contributed by atoms with Crippen LogP contribution in [0.3, 0.4) is 0 Å². The van der Waals surface area contributed by atoms with E-state index in [-0.39, 0.29) is 0 Å². The highest BCUT2D eigenvalue weighted by Crippen LogP contribution is 2.43. The fourth-order valence-electron chi connectivity index (χ4n) is 2.93. The second kappa shape index (κ2) is 4.24. The summed E-state index contributed by atoms with van der Waals surface area (Å²) in [6, 6.07) is 7.67. The van der Waals surface area contributed by atoms with Crippen LogP contribution in [0.25, 0.3) is 11.4 Å². The third-order valence-electron chi connectivity index (χ3n) is 3.83. The number of fused-ring (bicyclic) bond motifs is 1. The van der Waals surface area contributed by atoms with Gasteiger partial charge in [-0.15, -0.1) is 0 Å². The molecule has 0 bridgehead atoms. The van der Waals surface area contributed by atoms with E-state index in [0.717, 1.165) is 15.9 Å². The van der Waals surface area contributed by atoms with Crippen LogP contribution in [0, 0.1) is 12.1 Å². The first-order valence-corrected chi connectivity index (χ1v) is 7.01. The molecule has 110 valence electrons. The summed E-state index contributed by atoms with van der Waals surface area (Å²) in [6.07, 6.45) is 0. The van der Waals surface area contributed by atoms with Crippen LogP contribution in [-0.4, -0.2) is 10.2 Å². The van der Waals surface area contributed by atoms with Gasteiger partial charge in [-0.05, 0) is 51.9 Å². The number of aromatic nitrogens is 3. The van der Waals surface area contributed by atoms with Crippen LogP contribution in [0.5, 0.6) is 0 Å². The van der Waals surface area contributed by atoms with Crippen LogP contribution in [0.1, 0.15) is 44.6 Å². The third kappa shape index (κ3) is 2.08. The standard InChI is InChI=1S/C16H19N3O2/c1-10-6-8-11(9-7-10)14-18-17-12-13(19(14)20)16(4,5)21-15(12,2)3/h6-9H,1-5H3. The number of nitrogens with zero attached hydrogens (tertiary/aromatic N) is 3. The zero-order chi connectivity index (χ0) is 15.4. The Morgan fingerprint density at radius 2 is 1.62 bits per heavy atom. The molecular weight excluding hydrogens is 266 g/mol. The van der Waals surface area contributed by atoms with Crippen LogP contribution < -0.4 is 4.73 Å². The maximum absolute atomic E-state index is 12.8. The van der Waals surface area contributed by atoms with E-state index in [0.29, 0.717) is 17.2 Å². The van der Waals surface area contributed by atoms with Gasteiger partial charge in [0.2, 0.25) is 0 Å². The Morgan fingerprint density at radius 3 is 2.24 bits per heavy atom. The Bertz CT molecular complexity index is 706. The highest BCUT2D eigenvalue weighted by Gasteiger charge is 2.50. The van der Waals surface area contributed by atoms with E-state index in [1.807, 2.05) is 58.9 Å². The minimum Gasteiger partial charge on any atom is -0.710 e. The van der Waals surface area contributed by atoms with Crippen molar-refractivity contribution in [2.75, 3.05) is 0 Å².